The number of para-hydroxylation sites is 2. The number of carbonyl (C=O) groups is 1. The molecule has 0 aliphatic carbocycles. The Bertz CT molecular complexity index is 1150. The summed E-state index contributed by atoms with van der Waals surface area (Å²) in [7, 11) is 0. The van der Waals surface area contributed by atoms with Crippen LogP contribution in [0.4, 0.5) is 5.69 Å². The van der Waals surface area contributed by atoms with E-state index < -0.39 is 5.63 Å². The normalized spacial score (nSPS) is 10.6. The number of nitrogens with zero attached hydrogens (tertiary/aromatic N) is 1. The number of carbonyl (C=O) groups excluding carboxylic acids is 1. The van der Waals surface area contributed by atoms with Crippen LogP contribution in [-0.2, 0) is 0 Å². The average Bonchev–Trinajstić information content (AvgIpc) is 2.69. The van der Waals surface area contributed by atoms with Gasteiger partial charge in [0, 0.05) is 5.56 Å². The SMILES string of the molecule is O=C(Nc1ccccc1-c1nc2ccccc2c(=O)o1)c1ccccc1. The van der Waals surface area contributed by atoms with Crippen molar-refractivity contribution in [3.05, 3.63) is 94.8 Å². The first-order chi connectivity index (χ1) is 12.7. The van der Waals surface area contributed by atoms with E-state index >= 15 is 0 Å². The standard InChI is InChI=1S/C21H14N2O3/c24-19(14-8-2-1-3-9-14)22-17-12-6-4-10-15(17)20-23-18-13-7-5-11-16(18)21(25)26-20/h1-13H,(H,22,24). The van der Waals surface area contributed by atoms with Gasteiger partial charge >= 0.3 is 5.63 Å². The lowest BCUT2D eigenvalue weighted by Gasteiger charge is -2.10. The van der Waals surface area contributed by atoms with Crippen LogP contribution in [0.1, 0.15) is 10.4 Å². The van der Waals surface area contributed by atoms with E-state index in [0.29, 0.717) is 27.7 Å². The van der Waals surface area contributed by atoms with Gasteiger partial charge in [0.2, 0.25) is 5.89 Å². The van der Waals surface area contributed by atoms with Crippen molar-refractivity contribution >= 4 is 22.5 Å². The molecule has 0 fully saturated rings. The van der Waals surface area contributed by atoms with Gasteiger partial charge in [-0.3, -0.25) is 4.79 Å². The van der Waals surface area contributed by atoms with Crippen LogP contribution in [0.5, 0.6) is 0 Å². The Morgan fingerprint density at radius 1 is 0.846 bits per heavy atom. The zero-order chi connectivity index (χ0) is 17.9. The van der Waals surface area contributed by atoms with Crippen LogP contribution < -0.4 is 10.9 Å². The van der Waals surface area contributed by atoms with Crippen molar-refractivity contribution in [2.45, 2.75) is 0 Å². The summed E-state index contributed by atoms with van der Waals surface area (Å²) in [6.07, 6.45) is 0. The topological polar surface area (TPSA) is 72.2 Å². The number of aromatic nitrogens is 1. The molecule has 4 rings (SSSR count). The Labute approximate surface area is 148 Å². The van der Waals surface area contributed by atoms with Gasteiger partial charge in [0.15, 0.2) is 0 Å². The molecular formula is C21H14N2O3. The molecule has 0 saturated heterocycles. The zero-order valence-corrected chi connectivity index (χ0v) is 13.7. The number of hydrogen-bond donors (Lipinski definition) is 1. The lowest BCUT2D eigenvalue weighted by molar-refractivity contribution is 0.102. The van der Waals surface area contributed by atoms with Crippen LogP contribution in [0, 0.1) is 0 Å². The summed E-state index contributed by atoms with van der Waals surface area (Å²) < 4.78 is 5.39. The molecule has 26 heavy (non-hydrogen) atoms. The number of hydrogen-bond acceptors (Lipinski definition) is 4. The number of fused-ring (bicyclic) bond motifs is 1. The Balaban J connectivity index is 1.77. The molecule has 0 aliphatic heterocycles. The summed E-state index contributed by atoms with van der Waals surface area (Å²) in [5.41, 5.74) is 1.68. The lowest BCUT2D eigenvalue weighted by Crippen LogP contribution is -2.13. The maximum Gasteiger partial charge on any atom is 0.347 e. The Hall–Kier alpha value is -3.73. The molecule has 1 amide bonds. The maximum atomic E-state index is 12.5. The number of anilines is 1. The number of nitrogens with one attached hydrogen (secondary N) is 1. The summed E-state index contributed by atoms with van der Waals surface area (Å²) in [6, 6.07) is 23.0. The van der Waals surface area contributed by atoms with Gasteiger partial charge in [0.05, 0.1) is 22.2 Å². The minimum absolute atomic E-state index is 0.165. The van der Waals surface area contributed by atoms with Gasteiger partial charge in [-0.1, -0.05) is 42.5 Å². The highest BCUT2D eigenvalue weighted by molar-refractivity contribution is 6.06. The molecule has 1 N–H and O–H groups in total. The van der Waals surface area contributed by atoms with Crippen LogP contribution in [-0.4, -0.2) is 10.9 Å². The summed E-state index contributed by atoms with van der Waals surface area (Å²) >= 11 is 0. The van der Waals surface area contributed by atoms with E-state index in [-0.39, 0.29) is 11.8 Å². The molecule has 0 aliphatic rings. The molecule has 0 bridgehead atoms. The number of rotatable bonds is 3. The van der Waals surface area contributed by atoms with Crippen LogP contribution in [0.25, 0.3) is 22.4 Å². The molecule has 1 heterocycles. The van der Waals surface area contributed by atoms with Crippen molar-refractivity contribution in [3.8, 4) is 11.5 Å². The van der Waals surface area contributed by atoms with E-state index in [9.17, 15) is 9.59 Å². The maximum absolute atomic E-state index is 12.5. The van der Waals surface area contributed by atoms with Crippen LogP contribution >= 0.6 is 0 Å². The van der Waals surface area contributed by atoms with Gasteiger partial charge in [-0.05, 0) is 36.4 Å². The van der Waals surface area contributed by atoms with Crippen molar-refractivity contribution in [1.82, 2.24) is 4.98 Å². The van der Waals surface area contributed by atoms with Crippen molar-refractivity contribution in [2.24, 2.45) is 0 Å². The van der Waals surface area contributed by atoms with E-state index in [1.165, 1.54) is 0 Å². The number of benzene rings is 3. The third-order valence-corrected chi connectivity index (χ3v) is 3.98. The second kappa shape index (κ2) is 6.64. The zero-order valence-electron chi connectivity index (χ0n) is 13.7. The summed E-state index contributed by atoms with van der Waals surface area (Å²) in [5, 5.41) is 3.27. The van der Waals surface area contributed by atoms with Gasteiger partial charge in [-0.2, -0.15) is 0 Å². The third kappa shape index (κ3) is 2.98. The monoisotopic (exact) mass is 342 g/mol. The second-order valence-electron chi connectivity index (χ2n) is 5.69. The highest BCUT2D eigenvalue weighted by Gasteiger charge is 2.14. The van der Waals surface area contributed by atoms with E-state index in [4.69, 9.17) is 4.42 Å². The Kier molecular flexibility index (Phi) is 4.03. The lowest BCUT2D eigenvalue weighted by atomic mass is 10.1. The van der Waals surface area contributed by atoms with Gasteiger partial charge in [0.1, 0.15) is 0 Å². The highest BCUT2D eigenvalue weighted by Crippen LogP contribution is 2.27. The van der Waals surface area contributed by atoms with E-state index in [2.05, 4.69) is 10.3 Å². The summed E-state index contributed by atoms with van der Waals surface area (Å²) in [4.78, 5) is 29.1. The largest absolute Gasteiger partial charge is 0.403 e. The van der Waals surface area contributed by atoms with Crippen molar-refractivity contribution < 1.29 is 9.21 Å². The first-order valence-corrected chi connectivity index (χ1v) is 8.08. The third-order valence-electron chi connectivity index (χ3n) is 3.98. The minimum Gasteiger partial charge on any atom is -0.403 e. The fraction of sp³-hybridized carbons (Fsp3) is 0. The van der Waals surface area contributed by atoms with E-state index in [0.717, 1.165) is 0 Å². The molecule has 3 aromatic carbocycles. The van der Waals surface area contributed by atoms with Crippen molar-refractivity contribution in [1.29, 1.82) is 0 Å². The predicted molar refractivity (Wildman–Crippen MR) is 100 cm³/mol. The molecule has 5 heteroatoms. The minimum atomic E-state index is -0.463. The Morgan fingerprint density at radius 2 is 1.54 bits per heavy atom. The van der Waals surface area contributed by atoms with Crippen LogP contribution in [0.15, 0.2) is 88.1 Å². The molecule has 1 aromatic heterocycles. The molecule has 0 saturated carbocycles. The molecule has 5 nitrogen and oxygen atoms in total. The molecule has 0 unspecified atom stereocenters. The fourth-order valence-corrected chi connectivity index (χ4v) is 2.70. The first kappa shape index (κ1) is 15.8. The Morgan fingerprint density at radius 3 is 2.38 bits per heavy atom. The van der Waals surface area contributed by atoms with Crippen molar-refractivity contribution in [3.63, 3.8) is 0 Å². The molecule has 0 spiro atoms. The van der Waals surface area contributed by atoms with Gasteiger partial charge in [0.25, 0.3) is 5.91 Å². The van der Waals surface area contributed by atoms with E-state index in [1.807, 2.05) is 12.1 Å². The molecule has 0 atom stereocenters. The number of amides is 1. The smallest absolute Gasteiger partial charge is 0.347 e. The van der Waals surface area contributed by atoms with Gasteiger partial charge < -0.3 is 9.73 Å². The molecular weight excluding hydrogens is 328 g/mol. The van der Waals surface area contributed by atoms with Gasteiger partial charge in [-0.25, -0.2) is 9.78 Å². The molecule has 126 valence electrons. The average molecular weight is 342 g/mol. The quantitative estimate of drug-likeness (QED) is 0.608. The second-order valence-corrected chi connectivity index (χ2v) is 5.69. The summed E-state index contributed by atoms with van der Waals surface area (Å²) in [6.45, 7) is 0. The summed E-state index contributed by atoms with van der Waals surface area (Å²) in [5.74, 6) is -0.0844. The highest BCUT2D eigenvalue weighted by atomic mass is 16.4. The predicted octanol–water partition coefficient (Wildman–Crippen LogP) is 4.11. The molecule has 4 aromatic rings. The first-order valence-electron chi connectivity index (χ1n) is 8.08. The van der Waals surface area contributed by atoms with Crippen LogP contribution in [0.3, 0.4) is 0 Å². The molecule has 0 radical (unpaired) electrons. The fourth-order valence-electron chi connectivity index (χ4n) is 2.70. The van der Waals surface area contributed by atoms with E-state index in [1.54, 1.807) is 66.7 Å². The van der Waals surface area contributed by atoms with Gasteiger partial charge in [-0.15, -0.1) is 0 Å². The van der Waals surface area contributed by atoms with Crippen molar-refractivity contribution in [2.75, 3.05) is 5.32 Å². The van der Waals surface area contributed by atoms with Crippen LogP contribution in [0.2, 0.25) is 0 Å².